The van der Waals surface area contributed by atoms with E-state index in [1.807, 2.05) is 0 Å². The minimum absolute atomic E-state index is 0.0159. The van der Waals surface area contributed by atoms with Gasteiger partial charge >= 0.3 is 5.69 Å². The molecular formula is C13H20N2O3. The first kappa shape index (κ1) is 14.3. The van der Waals surface area contributed by atoms with Crippen molar-refractivity contribution in [1.29, 1.82) is 0 Å². The molecule has 0 unspecified atom stereocenters. The Hall–Kier alpha value is -1.78. The van der Waals surface area contributed by atoms with Crippen LogP contribution in [-0.2, 0) is 0 Å². The number of anilines is 1. The first-order valence-electron chi connectivity index (χ1n) is 5.96. The highest BCUT2D eigenvalue weighted by Gasteiger charge is 2.17. The van der Waals surface area contributed by atoms with Gasteiger partial charge in [-0.25, -0.2) is 0 Å². The molecule has 0 aromatic heterocycles. The van der Waals surface area contributed by atoms with Crippen LogP contribution in [0.15, 0.2) is 18.2 Å². The number of methoxy groups -OCH3 is 1. The molecule has 0 bridgehead atoms. The maximum Gasteiger partial charge on any atom is 0.311 e. The van der Waals surface area contributed by atoms with Crippen molar-refractivity contribution in [3.05, 3.63) is 28.3 Å². The molecule has 100 valence electrons. The van der Waals surface area contributed by atoms with Crippen LogP contribution in [0, 0.1) is 15.5 Å². The Morgan fingerprint density at radius 3 is 2.61 bits per heavy atom. The van der Waals surface area contributed by atoms with E-state index in [1.165, 1.54) is 13.2 Å². The Kier molecular flexibility index (Phi) is 4.53. The van der Waals surface area contributed by atoms with Gasteiger partial charge in [-0.3, -0.25) is 10.1 Å². The number of nitro benzene ring substituents is 1. The Morgan fingerprint density at radius 1 is 1.44 bits per heavy atom. The van der Waals surface area contributed by atoms with Crippen LogP contribution in [0.1, 0.15) is 27.2 Å². The molecule has 5 heteroatoms. The van der Waals surface area contributed by atoms with Crippen LogP contribution < -0.4 is 10.1 Å². The van der Waals surface area contributed by atoms with E-state index in [9.17, 15) is 10.1 Å². The highest BCUT2D eigenvalue weighted by atomic mass is 16.6. The molecule has 0 fully saturated rings. The molecule has 0 aliphatic carbocycles. The molecule has 18 heavy (non-hydrogen) atoms. The standard InChI is InChI=1S/C13H20N2O3/c1-5-13(2,3)9-14-10-6-7-11(15(16)17)12(8-10)18-4/h6-8,14H,5,9H2,1-4H3. The Bertz CT molecular complexity index is 430. The van der Waals surface area contributed by atoms with Crippen LogP contribution in [0.2, 0.25) is 0 Å². The van der Waals surface area contributed by atoms with Gasteiger partial charge in [-0.1, -0.05) is 20.8 Å². The van der Waals surface area contributed by atoms with Crippen molar-refractivity contribution in [2.45, 2.75) is 27.2 Å². The number of nitrogens with zero attached hydrogens (tertiary/aromatic N) is 1. The van der Waals surface area contributed by atoms with Crippen LogP contribution in [0.5, 0.6) is 5.75 Å². The molecule has 0 saturated heterocycles. The van der Waals surface area contributed by atoms with Gasteiger partial charge in [0.1, 0.15) is 0 Å². The third kappa shape index (κ3) is 3.61. The molecule has 0 aliphatic heterocycles. The van der Waals surface area contributed by atoms with Gasteiger partial charge in [0, 0.05) is 24.4 Å². The maximum atomic E-state index is 10.8. The molecule has 1 aromatic carbocycles. The van der Waals surface area contributed by atoms with E-state index < -0.39 is 4.92 Å². The van der Waals surface area contributed by atoms with Gasteiger partial charge in [0.05, 0.1) is 12.0 Å². The van der Waals surface area contributed by atoms with E-state index >= 15 is 0 Å². The number of nitro groups is 1. The second kappa shape index (κ2) is 5.71. The highest BCUT2D eigenvalue weighted by molar-refractivity contribution is 5.58. The van der Waals surface area contributed by atoms with Crippen LogP contribution >= 0.6 is 0 Å². The molecule has 1 N–H and O–H groups in total. The fourth-order valence-corrected chi connectivity index (χ4v) is 1.40. The normalized spacial score (nSPS) is 11.1. The van der Waals surface area contributed by atoms with Gasteiger partial charge in [0.15, 0.2) is 5.75 Å². The zero-order chi connectivity index (χ0) is 13.8. The summed E-state index contributed by atoms with van der Waals surface area (Å²) < 4.78 is 5.02. The second-order valence-electron chi connectivity index (χ2n) is 5.02. The summed E-state index contributed by atoms with van der Waals surface area (Å²) in [5, 5.41) is 14.0. The molecular weight excluding hydrogens is 232 g/mol. The van der Waals surface area contributed by atoms with E-state index in [0.29, 0.717) is 0 Å². The summed E-state index contributed by atoms with van der Waals surface area (Å²) in [6, 6.07) is 4.82. The van der Waals surface area contributed by atoms with E-state index in [-0.39, 0.29) is 16.9 Å². The SMILES string of the molecule is CCC(C)(C)CNc1ccc([N+](=O)[O-])c(OC)c1. The van der Waals surface area contributed by atoms with Crippen molar-refractivity contribution in [2.75, 3.05) is 19.0 Å². The summed E-state index contributed by atoms with van der Waals surface area (Å²) in [7, 11) is 1.43. The van der Waals surface area contributed by atoms with Crippen molar-refractivity contribution in [2.24, 2.45) is 5.41 Å². The third-order valence-electron chi connectivity index (χ3n) is 3.10. The van der Waals surface area contributed by atoms with Crippen LogP contribution in [0.4, 0.5) is 11.4 Å². The topological polar surface area (TPSA) is 64.4 Å². The molecule has 0 saturated carbocycles. The number of hydrogen-bond acceptors (Lipinski definition) is 4. The lowest BCUT2D eigenvalue weighted by Gasteiger charge is -2.23. The Morgan fingerprint density at radius 2 is 2.11 bits per heavy atom. The number of ether oxygens (including phenoxy) is 1. The average Bonchev–Trinajstić information content (AvgIpc) is 2.36. The highest BCUT2D eigenvalue weighted by Crippen LogP contribution is 2.30. The van der Waals surface area contributed by atoms with Gasteiger partial charge < -0.3 is 10.1 Å². The summed E-state index contributed by atoms with van der Waals surface area (Å²) in [6.45, 7) is 7.29. The van der Waals surface area contributed by atoms with Crippen LogP contribution in [0.25, 0.3) is 0 Å². The molecule has 0 spiro atoms. The van der Waals surface area contributed by atoms with Gasteiger partial charge in [-0.2, -0.15) is 0 Å². The van der Waals surface area contributed by atoms with Crippen molar-refractivity contribution in [1.82, 2.24) is 0 Å². The number of hydrogen-bond donors (Lipinski definition) is 1. The van der Waals surface area contributed by atoms with Crippen LogP contribution in [0.3, 0.4) is 0 Å². The van der Waals surface area contributed by atoms with Crippen molar-refractivity contribution in [3.63, 3.8) is 0 Å². The monoisotopic (exact) mass is 252 g/mol. The lowest BCUT2D eigenvalue weighted by Crippen LogP contribution is -2.21. The zero-order valence-electron chi connectivity index (χ0n) is 11.3. The number of benzene rings is 1. The first-order chi connectivity index (χ1) is 8.39. The van der Waals surface area contributed by atoms with Crippen molar-refractivity contribution < 1.29 is 9.66 Å². The fourth-order valence-electron chi connectivity index (χ4n) is 1.40. The Labute approximate surface area is 107 Å². The summed E-state index contributed by atoms with van der Waals surface area (Å²) in [5.41, 5.74) is 1.01. The molecule has 1 aromatic rings. The minimum atomic E-state index is -0.446. The van der Waals surface area contributed by atoms with E-state index in [1.54, 1.807) is 12.1 Å². The summed E-state index contributed by atoms with van der Waals surface area (Å²) in [5.74, 6) is 0.277. The first-order valence-corrected chi connectivity index (χ1v) is 5.96. The lowest BCUT2D eigenvalue weighted by atomic mass is 9.90. The molecule has 1 rings (SSSR count). The van der Waals surface area contributed by atoms with Gasteiger partial charge in [0.2, 0.25) is 0 Å². The van der Waals surface area contributed by atoms with E-state index in [4.69, 9.17) is 4.74 Å². The second-order valence-corrected chi connectivity index (χ2v) is 5.02. The molecule has 0 amide bonds. The summed E-state index contributed by atoms with van der Waals surface area (Å²) in [6.07, 6.45) is 1.06. The predicted molar refractivity (Wildman–Crippen MR) is 72.2 cm³/mol. The van der Waals surface area contributed by atoms with E-state index in [0.717, 1.165) is 18.7 Å². The quantitative estimate of drug-likeness (QED) is 0.622. The smallest absolute Gasteiger partial charge is 0.311 e. The van der Waals surface area contributed by atoms with Crippen LogP contribution in [-0.4, -0.2) is 18.6 Å². The summed E-state index contributed by atoms with van der Waals surface area (Å²) in [4.78, 5) is 10.3. The third-order valence-corrected chi connectivity index (χ3v) is 3.10. The molecule has 0 radical (unpaired) electrons. The zero-order valence-corrected chi connectivity index (χ0v) is 11.3. The van der Waals surface area contributed by atoms with Crippen molar-refractivity contribution in [3.8, 4) is 5.75 Å². The summed E-state index contributed by atoms with van der Waals surface area (Å²) >= 11 is 0. The van der Waals surface area contributed by atoms with Gasteiger partial charge in [-0.05, 0) is 17.9 Å². The van der Waals surface area contributed by atoms with Gasteiger partial charge in [-0.15, -0.1) is 0 Å². The molecule has 0 aliphatic rings. The van der Waals surface area contributed by atoms with Crippen molar-refractivity contribution >= 4 is 11.4 Å². The Balaban J connectivity index is 2.83. The number of rotatable bonds is 6. The average molecular weight is 252 g/mol. The molecule has 0 atom stereocenters. The predicted octanol–water partition coefficient (Wildman–Crippen LogP) is 3.45. The molecule has 0 heterocycles. The lowest BCUT2D eigenvalue weighted by molar-refractivity contribution is -0.385. The fraction of sp³-hybridized carbons (Fsp3) is 0.538. The number of nitrogens with one attached hydrogen (secondary N) is 1. The minimum Gasteiger partial charge on any atom is -0.490 e. The van der Waals surface area contributed by atoms with E-state index in [2.05, 4.69) is 26.1 Å². The maximum absolute atomic E-state index is 10.8. The largest absolute Gasteiger partial charge is 0.490 e. The van der Waals surface area contributed by atoms with Gasteiger partial charge in [0.25, 0.3) is 0 Å². The molecule has 5 nitrogen and oxygen atoms in total.